The van der Waals surface area contributed by atoms with Gasteiger partial charge in [0.2, 0.25) is 0 Å². The largest absolute Gasteiger partial charge is 0.354 e. The van der Waals surface area contributed by atoms with E-state index in [1.54, 1.807) is 6.20 Å². The van der Waals surface area contributed by atoms with Crippen molar-refractivity contribution < 1.29 is 4.79 Å². The Morgan fingerprint density at radius 2 is 2.00 bits per heavy atom. The van der Waals surface area contributed by atoms with Crippen LogP contribution in [0.25, 0.3) is 0 Å². The molecular weight excluding hydrogens is 306 g/mol. The molecule has 2 aromatic heterocycles. The molecule has 2 bridgehead atoms. The lowest BCUT2D eigenvalue weighted by molar-refractivity contribution is -0.110. The number of hydrogen-bond acceptors (Lipinski definition) is 7. The van der Waals surface area contributed by atoms with Crippen LogP contribution in [0.1, 0.15) is 35.4 Å². The number of nitrogens with one attached hydrogen (secondary N) is 2. The summed E-state index contributed by atoms with van der Waals surface area (Å²) in [6, 6.07) is 3.80. The van der Waals surface area contributed by atoms with E-state index in [9.17, 15) is 4.79 Å². The number of aromatic amines is 1. The average Bonchev–Trinajstić information content (AvgIpc) is 3.08. The number of aromatic nitrogens is 5. The minimum atomic E-state index is -0.220. The zero-order valence-electron chi connectivity index (χ0n) is 13.3. The number of rotatable bonds is 4. The number of carbonyl (C=O) groups is 1. The van der Waals surface area contributed by atoms with Gasteiger partial charge >= 0.3 is 0 Å². The third kappa shape index (κ3) is 1.86. The van der Waals surface area contributed by atoms with E-state index < -0.39 is 0 Å². The van der Waals surface area contributed by atoms with Crippen molar-refractivity contribution in [2.75, 3.05) is 31.1 Å². The SMILES string of the molecule is O=C(c1ccnc(N2CCNCC2)c1)C12CC(c3nn[nH]n3)(C1)C2. The molecule has 0 spiro atoms. The van der Waals surface area contributed by atoms with Gasteiger partial charge in [-0.15, -0.1) is 10.2 Å². The molecule has 0 atom stereocenters. The molecule has 124 valence electrons. The van der Waals surface area contributed by atoms with Crippen molar-refractivity contribution >= 4 is 11.6 Å². The van der Waals surface area contributed by atoms with Crippen molar-refractivity contribution in [2.45, 2.75) is 24.7 Å². The van der Waals surface area contributed by atoms with E-state index in [-0.39, 0.29) is 16.6 Å². The predicted octanol–water partition coefficient (Wildman–Crippen LogP) is 0.309. The summed E-state index contributed by atoms with van der Waals surface area (Å²) in [6.45, 7) is 3.77. The Bertz CT molecular complexity index is 762. The minimum absolute atomic E-state index is 0.0168. The number of Topliss-reactive ketones (excluding diaryl/α,β-unsaturated/α-hetero) is 1. The summed E-state index contributed by atoms with van der Waals surface area (Å²) >= 11 is 0. The van der Waals surface area contributed by atoms with Crippen molar-refractivity contribution in [3.05, 3.63) is 29.7 Å². The van der Waals surface area contributed by atoms with Gasteiger partial charge in [-0.1, -0.05) is 5.21 Å². The van der Waals surface area contributed by atoms with E-state index in [4.69, 9.17) is 0 Å². The third-order valence-electron chi connectivity index (χ3n) is 5.78. The number of piperazine rings is 1. The standard InChI is InChI=1S/C16H19N7O/c24-13(15-8-16(9-15,10-15)14-19-21-22-20-14)11-1-2-18-12(7-11)23-5-3-17-4-6-23/h1-2,7,17H,3-6,8-10H2,(H,19,20,21,22). The Balaban J connectivity index is 1.34. The quantitative estimate of drug-likeness (QED) is 0.780. The average molecular weight is 325 g/mol. The lowest BCUT2D eigenvalue weighted by Crippen LogP contribution is -2.68. The van der Waals surface area contributed by atoms with Crippen LogP contribution in [0.15, 0.2) is 18.3 Å². The lowest BCUT2D eigenvalue weighted by Gasteiger charge is -2.68. The summed E-state index contributed by atoms with van der Waals surface area (Å²) < 4.78 is 0. The second-order valence-electron chi connectivity index (χ2n) is 7.30. The number of nitrogens with zero attached hydrogens (tertiary/aromatic N) is 5. The zero-order valence-corrected chi connectivity index (χ0v) is 13.3. The fourth-order valence-electron chi connectivity index (χ4n) is 4.59. The van der Waals surface area contributed by atoms with Crippen LogP contribution in [0.4, 0.5) is 5.82 Å². The van der Waals surface area contributed by atoms with Gasteiger partial charge in [-0.3, -0.25) is 4.79 Å². The summed E-state index contributed by atoms with van der Waals surface area (Å²) in [5.41, 5.74) is 0.541. The van der Waals surface area contributed by atoms with Crippen LogP contribution in [0.3, 0.4) is 0 Å². The van der Waals surface area contributed by atoms with E-state index in [0.717, 1.165) is 62.6 Å². The maximum Gasteiger partial charge on any atom is 0.180 e. The van der Waals surface area contributed by atoms with Crippen molar-refractivity contribution in [2.24, 2.45) is 5.41 Å². The molecule has 0 amide bonds. The van der Waals surface area contributed by atoms with Crippen LogP contribution in [0, 0.1) is 5.41 Å². The highest BCUT2D eigenvalue weighted by Crippen LogP contribution is 2.73. The first-order valence-corrected chi connectivity index (χ1v) is 8.41. The van der Waals surface area contributed by atoms with Gasteiger partial charge in [0.05, 0.1) is 0 Å². The van der Waals surface area contributed by atoms with E-state index in [0.29, 0.717) is 0 Å². The molecule has 4 aliphatic rings. The number of pyridine rings is 1. The monoisotopic (exact) mass is 325 g/mol. The van der Waals surface area contributed by atoms with Gasteiger partial charge in [-0.2, -0.15) is 5.21 Å². The van der Waals surface area contributed by atoms with Crippen molar-refractivity contribution in [1.82, 2.24) is 30.9 Å². The summed E-state index contributed by atoms with van der Waals surface area (Å²) in [7, 11) is 0. The van der Waals surface area contributed by atoms with Gasteiger partial charge in [0.25, 0.3) is 0 Å². The molecule has 4 fully saturated rings. The topological polar surface area (TPSA) is 99.7 Å². The van der Waals surface area contributed by atoms with Crippen molar-refractivity contribution in [3.8, 4) is 0 Å². The number of anilines is 1. The minimum Gasteiger partial charge on any atom is -0.354 e. The molecule has 0 aromatic carbocycles. The molecule has 8 nitrogen and oxygen atoms in total. The van der Waals surface area contributed by atoms with E-state index >= 15 is 0 Å². The van der Waals surface area contributed by atoms with Crippen molar-refractivity contribution in [3.63, 3.8) is 0 Å². The fourth-order valence-corrected chi connectivity index (χ4v) is 4.59. The molecular formula is C16H19N7O. The molecule has 2 N–H and O–H groups in total. The van der Waals surface area contributed by atoms with Crippen LogP contribution in [0.2, 0.25) is 0 Å². The van der Waals surface area contributed by atoms with E-state index in [1.165, 1.54) is 0 Å². The van der Waals surface area contributed by atoms with Gasteiger partial charge in [0, 0.05) is 48.8 Å². The van der Waals surface area contributed by atoms with Crippen LogP contribution in [-0.2, 0) is 5.41 Å². The van der Waals surface area contributed by atoms with Gasteiger partial charge < -0.3 is 10.2 Å². The molecule has 8 heteroatoms. The molecule has 1 saturated heterocycles. The van der Waals surface area contributed by atoms with E-state index in [1.807, 2.05) is 12.1 Å². The normalized spacial score (nSPS) is 31.2. The van der Waals surface area contributed by atoms with Crippen LogP contribution in [-0.4, -0.2) is 57.6 Å². The molecule has 3 heterocycles. The number of carbonyl (C=O) groups excluding carboxylic acids is 1. The maximum atomic E-state index is 13.0. The van der Waals surface area contributed by atoms with Crippen LogP contribution in [0.5, 0.6) is 0 Å². The van der Waals surface area contributed by atoms with Gasteiger partial charge in [0.15, 0.2) is 11.6 Å². The van der Waals surface area contributed by atoms with Crippen LogP contribution < -0.4 is 10.2 Å². The first kappa shape index (κ1) is 14.0. The Hall–Kier alpha value is -2.35. The van der Waals surface area contributed by atoms with Crippen LogP contribution >= 0.6 is 0 Å². The highest BCUT2D eigenvalue weighted by atomic mass is 16.1. The highest BCUT2D eigenvalue weighted by Gasteiger charge is 2.73. The molecule has 0 unspecified atom stereocenters. The van der Waals surface area contributed by atoms with Crippen molar-refractivity contribution in [1.29, 1.82) is 0 Å². The molecule has 2 aromatic rings. The first-order chi connectivity index (χ1) is 11.7. The number of tetrazole rings is 1. The molecule has 6 rings (SSSR count). The molecule has 3 aliphatic carbocycles. The highest BCUT2D eigenvalue weighted by molar-refractivity contribution is 6.03. The van der Waals surface area contributed by atoms with Gasteiger partial charge in [-0.05, 0) is 31.4 Å². The number of hydrogen-bond donors (Lipinski definition) is 2. The Morgan fingerprint density at radius 3 is 2.71 bits per heavy atom. The fraction of sp³-hybridized carbons (Fsp3) is 0.562. The van der Waals surface area contributed by atoms with Gasteiger partial charge in [0.1, 0.15) is 5.82 Å². The third-order valence-corrected chi connectivity index (χ3v) is 5.78. The Morgan fingerprint density at radius 1 is 1.21 bits per heavy atom. The zero-order chi connectivity index (χ0) is 16.2. The Labute approximate surface area is 139 Å². The first-order valence-electron chi connectivity index (χ1n) is 8.41. The molecule has 3 saturated carbocycles. The van der Waals surface area contributed by atoms with Gasteiger partial charge in [-0.25, -0.2) is 4.98 Å². The molecule has 24 heavy (non-hydrogen) atoms. The lowest BCUT2D eigenvalue weighted by atomic mass is 9.33. The summed E-state index contributed by atoms with van der Waals surface area (Å²) in [4.78, 5) is 19.7. The second kappa shape index (κ2) is 4.83. The second-order valence-corrected chi connectivity index (χ2v) is 7.30. The smallest absolute Gasteiger partial charge is 0.180 e. The Kier molecular flexibility index (Phi) is 2.82. The number of H-pyrrole nitrogens is 1. The summed E-state index contributed by atoms with van der Waals surface area (Å²) in [5, 5.41) is 17.7. The molecule has 0 radical (unpaired) electrons. The summed E-state index contributed by atoms with van der Waals surface area (Å²) in [6.07, 6.45) is 4.27. The predicted molar refractivity (Wildman–Crippen MR) is 85.8 cm³/mol. The summed E-state index contributed by atoms with van der Waals surface area (Å²) in [5.74, 6) is 1.90. The van der Waals surface area contributed by atoms with E-state index in [2.05, 4.69) is 35.8 Å². The number of ketones is 1. The molecule has 1 aliphatic heterocycles. The maximum absolute atomic E-state index is 13.0.